The summed E-state index contributed by atoms with van der Waals surface area (Å²) in [7, 11) is 0. The molecule has 0 bridgehead atoms. The zero-order chi connectivity index (χ0) is 41.3. The first-order valence-corrected chi connectivity index (χ1v) is 22.3. The van der Waals surface area contributed by atoms with Gasteiger partial charge in [-0.25, -0.2) is 9.97 Å². The lowest BCUT2D eigenvalue weighted by molar-refractivity contribution is 1.16. The van der Waals surface area contributed by atoms with E-state index in [1.165, 1.54) is 54.7 Å². The van der Waals surface area contributed by atoms with Crippen molar-refractivity contribution in [2.75, 3.05) is 0 Å². The summed E-state index contributed by atoms with van der Waals surface area (Å²) in [6.45, 7) is 4.47. The van der Waals surface area contributed by atoms with Crippen LogP contribution in [0, 0.1) is 13.8 Å². The third-order valence-electron chi connectivity index (χ3n) is 12.1. The van der Waals surface area contributed by atoms with E-state index < -0.39 is 0 Å². The van der Waals surface area contributed by atoms with Crippen LogP contribution in [-0.2, 0) is 0 Å². The smallest absolute Gasteiger partial charge is 0.123 e. The summed E-state index contributed by atoms with van der Waals surface area (Å²) in [4.78, 5) is 18.6. The molecule has 62 heavy (non-hydrogen) atoms. The van der Waals surface area contributed by atoms with Crippen LogP contribution in [0.15, 0.2) is 181 Å². The Morgan fingerprint density at radius 3 is 1.26 bits per heavy atom. The maximum absolute atomic E-state index is 4.69. The van der Waals surface area contributed by atoms with Gasteiger partial charge in [0.25, 0.3) is 0 Å². The minimum atomic E-state index is 0.985. The Morgan fingerprint density at radius 2 is 0.839 bits per heavy atom. The summed E-state index contributed by atoms with van der Waals surface area (Å²) >= 11 is 3.30. The molecule has 0 aliphatic carbocycles. The molecule has 0 fully saturated rings. The summed E-state index contributed by atoms with van der Waals surface area (Å²) < 4.78 is 4.95. The minimum Gasteiger partial charge on any atom is -0.308 e. The van der Waals surface area contributed by atoms with Gasteiger partial charge in [0, 0.05) is 114 Å². The van der Waals surface area contributed by atoms with E-state index in [0.29, 0.717) is 0 Å². The molecule has 0 radical (unpaired) electrons. The van der Waals surface area contributed by atoms with Gasteiger partial charge in [0.15, 0.2) is 0 Å². The Kier molecular flexibility index (Phi) is 8.55. The molecule has 294 valence electrons. The number of pyridine rings is 2. The largest absolute Gasteiger partial charge is 0.308 e. The van der Waals surface area contributed by atoms with Crippen LogP contribution in [0.3, 0.4) is 0 Å². The lowest BCUT2D eigenvalue weighted by atomic mass is 9.96. The maximum Gasteiger partial charge on any atom is 0.123 e. The SMILES string of the molecule is Cc1cc(-c2cnccc2-c2nccs2)cc2c3cccc(-c4cccc5c6cc(-c7cnccc7-c7nccs7)cc(C)c6n(-c6ccccc6)c45)c3n(-c3ccccc3)c12. The number of rotatable bonds is 7. The number of thiazole rings is 2. The highest BCUT2D eigenvalue weighted by Gasteiger charge is 2.24. The van der Waals surface area contributed by atoms with E-state index in [2.05, 4.69) is 176 Å². The average Bonchev–Trinajstić information content (AvgIpc) is 4.16. The summed E-state index contributed by atoms with van der Waals surface area (Å²) in [5.74, 6) is 0. The molecule has 8 heteroatoms. The van der Waals surface area contributed by atoms with Crippen LogP contribution in [-0.4, -0.2) is 29.1 Å². The molecule has 6 nitrogen and oxygen atoms in total. The van der Waals surface area contributed by atoms with E-state index in [4.69, 9.17) is 0 Å². The lowest BCUT2D eigenvalue weighted by Crippen LogP contribution is -1.99. The Balaban J connectivity index is 1.17. The van der Waals surface area contributed by atoms with Crippen molar-refractivity contribution < 1.29 is 0 Å². The number of hydrogen-bond acceptors (Lipinski definition) is 6. The minimum absolute atomic E-state index is 0.985. The predicted octanol–water partition coefficient (Wildman–Crippen LogP) is 14.5. The fraction of sp³-hybridized carbons (Fsp3) is 0.0370. The van der Waals surface area contributed by atoms with Gasteiger partial charge in [-0.3, -0.25) is 9.97 Å². The highest BCUT2D eigenvalue weighted by molar-refractivity contribution is 7.13. The van der Waals surface area contributed by atoms with E-state index in [-0.39, 0.29) is 0 Å². The first kappa shape index (κ1) is 36.3. The average molecular weight is 833 g/mol. The molecule has 6 aromatic carbocycles. The maximum atomic E-state index is 4.69. The third-order valence-corrected chi connectivity index (χ3v) is 13.7. The summed E-state index contributed by atoms with van der Waals surface area (Å²) in [6.07, 6.45) is 11.4. The van der Waals surface area contributed by atoms with Crippen LogP contribution in [0.1, 0.15) is 11.1 Å². The van der Waals surface area contributed by atoms with E-state index in [0.717, 1.165) is 65.9 Å². The second-order valence-corrected chi connectivity index (χ2v) is 17.4. The van der Waals surface area contributed by atoms with Gasteiger partial charge in [0.1, 0.15) is 10.0 Å². The van der Waals surface area contributed by atoms with E-state index >= 15 is 0 Å². The monoisotopic (exact) mass is 832 g/mol. The van der Waals surface area contributed by atoms with Gasteiger partial charge in [-0.1, -0.05) is 72.8 Å². The van der Waals surface area contributed by atoms with E-state index in [1.807, 2.05) is 47.9 Å². The van der Waals surface area contributed by atoms with Gasteiger partial charge in [-0.2, -0.15) is 0 Å². The van der Waals surface area contributed by atoms with Crippen LogP contribution in [0.5, 0.6) is 0 Å². The highest BCUT2D eigenvalue weighted by Crippen LogP contribution is 2.47. The number of aromatic nitrogens is 6. The molecule has 0 saturated carbocycles. The molecule has 0 spiro atoms. The Labute approximate surface area is 365 Å². The molecule has 6 aromatic heterocycles. The molecule has 0 unspecified atom stereocenters. The number of nitrogens with zero attached hydrogens (tertiary/aromatic N) is 6. The van der Waals surface area contributed by atoms with Crippen molar-refractivity contribution in [1.82, 2.24) is 29.1 Å². The topological polar surface area (TPSA) is 61.4 Å². The molecule has 0 aliphatic rings. The lowest BCUT2D eigenvalue weighted by Gasteiger charge is -2.16. The van der Waals surface area contributed by atoms with Crippen LogP contribution < -0.4 is 0 Å². The van der Waals surface area contributed by atoms with Crippen molar-refractivity contribution in [3.8, 4) is 65.9 Å². The van der Waals surface area contributed by atoms with Crippen LogP contribution in [0.4, 0.5) is 0 Å². The van der Waals surface area contributed by atoms with E-state index in [9.17, 15) is 0 Å². The Hall–Kier alpha value is -7.52. The molecule has 6 heterocycles. The molecular weight excluding hydrogens is 797 g/mol. The van der Waals surface area contributed by atoms with Crippen LogP contribution in [0.25, 0.3) is 110 Å². The number of para-hydroxylation sites is 4. The fourth-order valence-electron chi connectivity index (χ4n) is 9.54. The fourth-order valence-corrected chi connectivity index (χ4v) is 10.9. The Morgan fingerprint density at radius 1 is 0.387 bits per heavy atom. The molecule has 0 N–H and O–H groups in total. The van der Waals surface area contributed by atoms with Crippen molar-refractivity contribution in [3.63, 3.8) is 0 Å². The standard InChI is InChI=1S/C54H36N6S2/c1-33-27-35(47-31-55-21-19-43(47)53-57-23-25-61-53)29-45-41-17-9-15-39(51(41)59(49(33)45)37-11-5-3-6-12-37)40-16-10-18-42-46-30-36(48-32-56-22-20-44(48)54-58-24-26-62-54)28-34(2)50(46)60(52(40)42)38-13-7-4-8-14-38/h3-32H,1-2H3. The highest BCUT2D eigenvalue weighted by atomic mass is 32.1. The summed E-state index contributed by atoms with van der Waals surface area (Å²) in [6, 6.07) is 48.7. The number of aryl methyl sites for hydroxylation is 2. The summed E-state index contributed by atoms with van der Waals surface area (Å²) in [5.41, 5.74) is 18.2. The Bertz CT molecular complexity index is 3400. The van der Waals surface area contributed by atoms with Crippen molar-refractivity contribution in [3.05, 3.63) is 193 Å². The third kappa shape index (κ3) is 5.68. The number of benzene rings is 6. The van der Waals surface area contributed by atoms with Gasteiger partial charge in [-0.05, 0) is 96.8 Å². The zero-order valence-electron chi connectivity index (χ0n) is 33.8. The predicted molar refractivity (Wildman–Crippen MR) is 259 cm³/mol. The van der Waals surface area contributed by atoms with Crippen molar-refractivity contribution in [2.45, 2.75) is 13.8 Å². The molecule has 0 amide bonds. The second kappa shape index (κ2) is 14.6. The molecule has 12 rings (SSSR count). The molecule has 0 atom stereocenters. The molecule has 12 aromatic rings. The zero-order valence-corrected chi connectivity index (χ0v) is 35.5. The second-order valence-electron chi connectivity index (χ2n) is 15.6. The molecule has 0 aliphatic heterocycles. The van der Waals surface area contributed by atoms with Crippen LogP contribution >= 0.6 is 22.7 Å². The van der Waals surface area contributed by atoms with Crippen LogP contribution in [0.2, 0.25) is 0 Å². The summed E-state index contributed by atoms with van der Waals surface area (Å²) in [5, 5.41) is 10.8. The van der Waals surface area contributed by atoms with Crippen molar-refractivity contribution in [2.24, 2.45) is 0 Å². The van der Waals surface area contributed by atoms with Gasteiger partial charge < -0.3 is 9.13 Å². The van der Waals surface area contributed by atoms with Gasteiger partial charge in [0.05, 0.1) is 22.1 Å². The van der Waals surface area contributed by atoms with Crippen molar-refractivity contribution in [1.29, 1.82) is 0 Å². The first-order valence-electron chi connectivity index (χ1n) is 20.6. The van der Waals surface area contributed by atoms with Crippen molar-refractivity contribution >= 4 is 66.3 Å². The molecule has 0 saturated heterocycles. The quantitative estimate of drug-likeness (QED) is 0.160. The molecular formula is C54H36N6S2. The number of fused-ring (bicyclic) bond motifs is 6. The van der Waals surface area contributed by atoms with E-state index in [1.54, 1.807) is 22.7 Å². The van der Waals surface area contributed by atoms with Gasteiger partial charge in [0.2, 0.25) is 0 Å². The first-order chi connectivity index (χ1) is 30.6. The number of hydrogen-bond donors (Lipinski definition) is 0. The van der Waals surface area contributed by atoms with Gasteiger partial charge in [-0.15, -0.1) is 22.7 Å². The van der Waals surface area contributed by atoms with Gasteiger partial charge >= 0.3 is 0 Å². The normalized spacial score (nSPS) is 11.7.